The normalized spacial score (nSPS) is 11.2. The third-order valence-electron chi connectivity index (χ3n) is 4.62. The minimum Gasteiger partial charge on any atom is -0.487 e. The van der Waals surface area contributed by atoms with Gasteiger partial charge < -0.3 is 14.9 Å². The molecule has 0 saturated heterocycles. The number of para-hydroxylation sites is 1. The predicted molar refractivity (Wildman–Crippen MR) is 115 cm³/mol. The second-order valence-corrected chi connectivity index (χ2v) is 6.84. The van der Waals surface area contributed by atoms with Gasteiger partial charge >= 0.3 is 5.82 Å². The Morgan fingerprint density at radius 2 is 1.84 bits per heavy atom. The van der Waals surface area contributed by atoms with Crippen LogP contribution in [0.25, 0.3) is 12.2 Å². The second kappa shape index (κ2) is 9.65. The average molecular weight is 434 g/mol. The smallest absolute Gasteiger partial charge is 0.343 e. The lowest BCUT2D eigenvalue weighted by Crippen LogP contribution is -2.11. The third kappa shape index (κ3) is 5.22. The SMILES string of the molecule is O=[N+]([O-])c1cnc(/C=C/c2ccc(F)cc2)n1CCn1cc(COc2ccccc2)nn1. The molecular formula is C22H19FN6O3. The van der Waals surface area contributed by atoms with Crippen molar-refractivity contribution in [1.29, 1.82) is 0 Å². The Bertz CT molecular complexity index is 1220. The lowest BCUT2D eigenvalue weighted by molar-refractivity contribution is -0.392. The van der Waals surface area contributed by atoms with Gasteiger partial charge in [-0.05, 0) is 40.8 Å². The molecule has 0 aliphatic rings. The van der Waals surface area contributed by atoms with Gasteiger partial charge in [-0.25, -0.2) is 18.6 Å². The van der Waals surface area contributed by atoms with Crippen molar-refractivity contribution in [2.24, 2.45) is 0 Å². The molecule has 0 bridgehead atoms. The Morgan fingerprint density at radius 3 is 2.59 bits per heavy atom. The fraction of sp³-hybridized carbons (Fsp3) is 0.136. The number of aryl methyl sites for hydroxylation is 1. The number of hydrogen-bond donors (Lipinski definition) is 0. The van der Waals surface area contributed by atoms with E-state index >= 15 is 0 Å². The van der Waals surface area contributed by atoms with E-state index in [1.165, 1.54) is 22.9 Å². The summed E-state index contributed by atoms with van der Waals surface area (Å²) in [5, 5.41) is 19.6. The minimum absolute atomic E-state index is 0.128. The zero-order valence-corrected chi connectivity index (χ0v) is 16.9. The Hall–Kier alpha value is -4.34. The van der Waals surface area contributed by atoms with Gasteiger partial charge in [0.2, 0.25) is 5.82 Å². The van der Waals surface area contributed by atoms with Crippen LogP contribution in [0, 0.1) is 15.9 Å². The minimum atomic E-state index is -0.483. The summed E-state index contributed by atoms with van der Waals surface area (Å²) < 4.78 is 21.8. The maximum Gasteiger partial charge on any atom is 0.343 e. The monoisotopic (exact) mass is 434 g/mol. The largest absolute Gasteiger partial charge is 0.487 e. The first kappa shape index (κ1) is 20.9. The highest BCUT2D eigenvalue weighted by Gasteiger charge is 2.18. The first-order chi connectivity index (χ1) is 15.6. The lowest BCUT2D eigenvalue weighted by atomic mass is 10.2. The number of hydrogen-bond acceptors (Lipinski definition) is 6. The number of rotatable bonds is 9. The number of nitrogens with zero attached hydrogens (tertiary/aromatic N) is 6. The number of aromatic nitrogens is 5. The van der Waals surface area contributed by atoms with Gasteiger partial charge in [0, 0.05) is 6.08 Å². The van der Waals surface area contributed by atoms with Crippen LogP contribution in [0.2, 0.25) is 0 Å². The standard InChI is InChI=1S/C22H19FN6O3/c23-18-9-6-17(7-10-18)8-11-21-24-14-22(29(30)31)28(21)13-12-27-15-19(25-26-27)16-32-20-4-2-1-3-5-20/h1-11,14-15H,12-13,16H2/b11-8+. The van der Waals surface area contributed by atoms with Crippen molar-refractivity contribution in [2.45, 2.75) is 19.7 Å². The van der Waals surface area contributed by atoms with Crippen molar-refractivity contribution in [2.75, 3.05) is 0 Å². The number of ether oxygens (including phenoxy) is 1. The fourth-order valence-electron chi connectivity index (χ4n) is 3.02. The molecule has 0 spiro atoms. The molecule has 0 N–H and O–H groups in total. The Labute approximate surface area is 182 Å². The predicted octanol–water partition coefficient (Wildman–Crippen LogP) is 3.97. The lowest BCUT2D eigenvalue weighted by Gasteiger charge is -2.03. The van der Waals surface area contributed by atoms with Crippen LogP contribution < -0.4 is 4.74 Å². The Kier molecular flexibility index (Phi) is 6.30. The highest BCUT2D eigenvalue weighted by Crippen LogP contribution is 2.17. The third-order valence-corrected chi connectivity index (χ3v) is 4.62. The van der Waals surface area contributed by atoms with Gasteiger partial charge in [-0.15, -0.1) is 5.10 Å². The van der Waals surface area contributed by atoms with Gasteiger partial charge in [-0.1, -0.05) is 35.5 Å². The summed E-state index contributed by atoms with van der Waals surface area (Å²) in [7, 11) is 0. The topological polar surface area (TPSA) is 101 Å². The summed E-state index contributed by atoms with van der Waals surface area (Å²) >= 11 is 0. The number of nitro groups is 1. The maximum absolute atomic E-state index is 13.1. The molecule has 32 heavy (non-hydrogen) atoms. The number of halogens is 1. The molecule has 0 atom stereocenters. The van der Waals surface area contributed by atoms with Gasteiger partial charge in [0.1, 0.15) is 36.6 Å². The highest BCUT2D eigenvalue weighted by molar-refractivity contribution is 5.67. The van der Waals surface area contributed by atoms with Crippen LogP contribution in [0.3, 0.4) is 0 Å². The molecule has 4 aromatic rings. The summed E-state index contributed by atoms with van der Waals surface area (Å²) in [5.41, 5.74) is 1.40. The van der Waals surface area contributed by atoms with E-state index in [1.54, 1.807) is 35.2 Å². The average Bonchev–Trinajstić information content (AvgIpc) is 3.43. The molecule has 2 aromatic heterocycles. The molecule has 0 radical (unpaired) electrons. The van der Waals surface area contributed by atoms with Gasteiger partial charge in [0.15, 0.2) is 0 Å². The molecule has 10 heteroatoms. The van der Waals surface area contributed by atoms with E-state index in [4.69, 9.17) is 4.74 Å². The Balaban J connectivity index is 1.43. The molecule has 0 unspecified atom stereocenters. The summed E-state index contributed by atoms with van der Waals surface area (Å²) in [6.45, 7) is 0.884. The molecule has 0 saturated carbocycles. The van der Waals surface area contributed by atoms with Gasteiger partial charge in [0.05, 0.1) is 12.7 Å². The van der Waals surface area contributed by atoms with Crippen LogP contribution in [0.15, 0.2) is 67.0 Å². The molecular weight excluding hydrogens is 415 g/mol. The first-order valence-electron chi connectivity index (χ1n) is 9.79. The quantitative estimate of drug-likeness (QED) is 0.292. The van der Waals surface area contributed by atoms with E-state index in [-0.39, 0.29) is 24.8 Å². The zero-order chi connectivity index (χ0) is 22.3. The van der Waals surface area contributed by atoms with E-state index in [1.807, 2.05) is 30.3 Å². The molecule has 0 aliphatic heterocycles. The van der Waals surface area contributed by atoms with Crippen LogP contribution in [0.1, 0.15) is 17.1 Å². The second-order valence-electron chi connectivity index (χ2n) is 6.84. The highest BCUT2D eigenvalue weighted by atomic mass is 19.1. The van der Waals surface area contributed by atoms with Gasteiger partial charge in [0.25, 0.3) is 0 Å². The molecule has 2 aromatic carbocycles. The van der Waals surface area contributed by atoms with Crippen LogP contribution >= 0.6 is 0 Å². The van der Waals surface area contributed by atoms with E-state index in [0.29, 0.717) is 18.1 Å². The van der Waals surface area contributed by atoms with Crippen LogP contribution in [0.5, 0.6) is 5.75 Å². The molecule has 0 aliphatic carbocycles. The fourth-order valence-corrected chi connectivity index (χ4v) is 3.02. The summed E-state index contributed by atoms with van der Waals surface area (Å²) in [4.78, 5) is 15.1. The van der Waals surface area contributed by atoms with Crippen LogP contribution in [0.4, 0.5) is 10.2 Å². The van der Waals surface area contributed by atoms with E-state index in [0.717, 1.165) is 11.3 Å². The molecule has 162 valence electrons. The molecule has 0 fully saturated rings. The van der Waals surface area contributed by atoms with Crippen molar-refractivity contribution in [3.63, 3.8) is 0 Å². The summed E-state index contributed by atoms with van der Waals surface area (Å²) in [5.74, 6) is 0.680. The van der Waals surface area contributed by atoms with Crippen molar-refractivity contribution >= 4 is 18.0 Å². The molecule has 2 heterocycles. The van der Waals surface area contributed by atoms with Crippen LogP contribution in [-0.2, 0) is 19.7 Å². The van der Waals surface area contributed by atoms with E-state index in [9.17, 15) is 14.5 Å². The molecule has 0 amide bonds. The first-order valence-corrected chi connectivity index (χ1v) is 9.79. The molecule has 9 nitrogen and oxygen atoms in total. The summed E-state index contributed by atoms with van der Waals surface area (Å²) in [6.07, 6.45) is 6.32. The van der Waals surface area contributed by atoms with E-state index in [2.05, 4.69) is 15.3 Å². The Morgan fingerprint density at radius 1 is 1.06 bits per heavy atom. The zero-order valence-electron chi connectivity index (χ0n) is 16.9. The molecule has 4 rings (SSSR count). The van der Waals surface area contributed by atoms with Crippen molar-refractivity contribution in [1.82, 2.24) is 24.5 Å². The van der Waals surface area contributed by atoms with Crippen molar-refractivity contribution in [3.05, 3.63) is 100 Å². The van der Waals surface area contributed by atoms with Crippen molar-refractivity contribution < 1.29 is 14.1 Å². The van der Waals surface area contributed by atoms with Gasteiger partial charge in [-0.3, -0.25) is 0 Å². The van der Waals surface area contributed by atoms with Crippen molar-refractivity contribution in [3.8, 4) is 5.75 Å². The number of imidazole rings is 1. The van der Waals surface area contributed by atoms with Gasteiger partial charge in [-0.2, -0.15) is 0 Å². The van der Waals surface area contributed by atoms with Crippen LogP contribution in [-0.4, -0.2) is 29.5 Å². The number of benzene rings is 2. The maximum atomic E-state index is 13.1. The van der Waals surface area contributed by atoms with E-state index < -0.39 is 4.92 Å². The summed E-state index contributed by atoms with van der Waals surface area (Å²) in [6, 6.07) is 15.3.